The minimum Gasteiger partial charge on any atom is -0.385 e. The summed E-state index contributed by atoms with van der Waals surface area (Å²) in [6.45, 7) is 14.2. The number of hydrogen-bond donors (Lipinski definition) is 2. The average Bonchev–Trinajstić information content (AvgIpc) is 3.25. The highest BCUT2D eigenvalue weighted by atomic mass is 32.1. The number of benzene rings is 2. The van der Waals surface area contributed by atoms with E-state index in [2.05, 4.69) is 43.0 Å². The molecule has 1 amide bonds. The van der Waals surface area contributed by atoms with Crippen LogP contribution in [0.3, 0.4) is 0 Å². The van der Waals surface area contributed by atoms with Gasteiger partial charge in [-0.3, -0.25) is 14.9 Å². The van der Waals surface area contributed by atoms with Gasteiger partial charge in [-0.2, -0.15) is 0 Å². The number of carbonyl (C=O) groups excluding carboxylic acids is 2. The molecule has 3 rings (SSSR count). The maximum absolute atomic E-state index is 14.7. The van der Waals surface area contributed by atoms with Crippen LogP contribution in [-0.2, 0) is 0 Å². The molecule has 1 heterocycles. The first-order valence-electron chi connectivity index (χ1n) is 10.6. The van der Waals surface area contributed by atoms with Gasteiger partial charge in [0.05, 0.1) is 0 Å². The summed E-state index contributed by atoms with van der Waals surface area (Å²) in [4.78, 5) is 29.3. The predicted octanol–water partition coefficient (Wildman–Crippen LogP) is 6.32. The zero-order chi connectivity index (χ0) is 24.3. The van der Waals surface area contributed by atoms with Gasteiger partial charge in [0, 0.05) is 34.9 Å². The molecule has 0 aliphatic carbocycles. The molecule has 5 nitrogen and oxygen atoms in total. The topological polar surface area (TPSA) is 71.1 Å². The van der Waals surface area contributed by atoms with Gasteiger partial charge < -0.3 is 5.32 Å². The van der Waals surface area contributed by atoms with E-state index in [0.29, 0.717) is 39.6 Å². The first-order chi connectivity index (χ1) is 15.5. The monoisotopic (exact) mass is 465 g/mol. The number of amides is 1. The van der Waals surface area contributed by atoms with Crippen molar-refractivity contribution in [1.29, 1.82) is 0 Å². The number of anilines is 1. The molecule has 0 aliphatic heterocycles. The molecule has 2 N–H and O–H groups in total. The molecule has 1 aromatic heterocycles. The third-order valence-electron chi connectivity index (χ3n) is 5.14. The lowest BCUT2D eigenvalue weighted by Crippen LogP contribution is -2.25. The lowest BCUT2D eigenvalue weighted by Gasteiger charge is -2.21. The van der Waals surface area contributed by atoms with E-state index >= 15 is 0 Å². The lowest BCUT2D eigenvalue weighted by molar-refractivity contribution is 0.101. The fourth-order valence-corrected chi connectivity index (χ4v) is 3.76. The Kier molecular flexibility index (Phi) is 7.12. The Hall–Kier alpha value is -3.32. The maximum atomic E-state index is 14.7. The molecule has 0 fully saturated rings. The zero-order valence-corrected chi connectivity index (χ0v) is 20.3. The molecule has 0 atom stereocenters. The number of halogens is 1. The molecule has 0 spiro atoms. The van der Waals surface area contributed by atoms with Gasteiger partial charge in [-0.1, -0.05) is 39.5 Å². The van der Waals surface area contributed by atoms with Crippen molar-refractivity contribution >= 4 is 33.9 Å². The summed E-state index contributed by atoms with van der Waals surface area (Å²) in [5.74, 6) is -1.12. The van der Waals surface area contributed by atoms with Crippen LogP contribution in [0.5, 0.6) is 0 Å². The van der Waals surface area contributed by atoms with Gasteiger partial charge in [-0.25, -0.2) is 9.37 Å². The normalized spacial score (nSPS) is 11.2. The van der Waals surface area contributed by atoms with Crippen LogP contribution in [0.15, 0.2) is 48.5 Å². The van der Waals surface area contributed by atoms with Crippen molar-refractivity contribution in [3.05, 3.63) is 76.6 Å². The number of nitrogens with one attached hydrogen (secondary N) is 2. The summed E-state index contributed by atoms with van der Waals surface area (Å²) >= 11 is 1.30. The molecule has 0 unspecified atom stereocenters. The molecule has 3 aromatic rings. The molecular formula is C26H28FN3O2S. The Labute approximate surface area is 197 Å². The fourth-order valence-electron chi connectivity index (χ4n) is 3.24. The van der Waals surface area contributed by atoms with E-state index in [1.165, 1.54) is 24.3 Å². The molecule has 172 valence electrons. The van der Waals surface area contributed by atoms with Crippen molar-refractivity contribution in [3.8, 4) is 11.1 Å². The first-order valence-corrected chi connectivity index (χ1v) is 11.4. The second-order valence-electron chi connectivity index (χ2n) is 9.13. The van der Waals surface area contributed by atoms with E-state index in [1.54, 1.807) is 36.7 Å². The van der Waals surface area contributed by atoms with Crippen LogP contribution >= 0.6 is 11.3 Å². The second kappa shape index (κ2) is 9.67. The number of carbonyl (C=O) groups is 2. The quantitative estimate of drug-likeness (QED) is 0.401. The number of aromatic nitrogens is 1. The average molecular weight is 466 g/mol. The highest BCUT2D eigenvalue weighted by Gasteiger charge is 2.20. The zero-order valence-electron chi connectivity index (χ0n) is 19.5. The van der Waals surface area contributed by atoms with Gasteiger partial charge in [-0.05, 0) is 59.7 Å². The van der Waals surface area contributed by atoms with Gasteiger partial charge in [0.25, 0.3) is 5.91 Å². The molecule has 0 radical (unpaired) electrons. The van der Waals surface area contributed by atoms with E-state index < -0.39 is 5.82 Å². The Balaban J connectivity index is 2.11. The molecular weight excluding hydrogens is 437 g/mol. The van der Waals surface area contributed by atoms with Crippen LogP contribution in [0, 0.1) is 18.2 Å². The minimum atomic E-state index is -0.496. The van der Waals surface area contributed by atoms with Crippen LogP contribution < -0.4 is 10.6 Å². The van der Waals surface area contributed by atoms with Crippen molar-refractivity contribution in [2.24, 2.45) is 5.41 Å². The first kappa shape index (κ1) is 24.3. The molecule has 0 bridgehead atoms. The fraction of sp³-hybridized carbons (Fsp3) is 0.269. The van der Waals surface area contributed by atoms with Gasteiger partial charge in [0.2, 0.25) is 0 Å². The second-order valence-corrected chi connectivity index (χ2v) is 10.0. The summed E-state index contributed by atoms with van der Waals surface area (Å²) in [6, 6.07) is 8.19. The number of thiazole rings is 1. The van der Waals surface area contributed by atoms with E-state index in [1.807, 2.05) is 6.07 Å². The highest BCUT2D eigenvalue weighted by Crippen LogP contribution is 2.32. The van der Waals surface area contributed by atoms with Gasteiger partial charge in [-0.15, -0.1) is 11.3 Å². The number of nitrogens with zero attached hydrogens (tertiary/aromatic N) is 1. The van der Waals surface area contributed by atoms with Crippen LogP contribution in [0.4, 0.5) is 9.52 Å². The number of rotatable bonds is 7. The van der Waals surface area contributed by atoms with Crippen LogP contribution in [0.2, 0.25) is 0 Å². The number of hydrogen-bond acceptors (Lipinski definition) is 5. The summed E-state index contributed by atoms with van der Waals surface area (Å²) in [5, 5.41) is 8.34. The predicted molar refractivity (Wildman–Crippen MR) is 133 cm³/mol. The standard InChI is InChI=1S/C26H28FN3O2S/c1-15-21(12-19(17(3)31)13-23(15)27)20-8-7-18(16(2)29-14-26(4,5)6)11-22(20)24(32)30-25-28-9-10-33-25/h7-13,29H,2,14H2,1,3-6H3,(H,28,30,32). The Morgan fingerprint density at radius 1 is 1.12 bits per heavy atom. The lowest BCUT2D eigenvalue weighted by atomic mass is 9.91. The third-order valence-corrected chi connectivity index (χ3v) is 5.83. The molecule has 33 heavy (non-hydrogen) atoms. The van der Waals surface area contributed by atoms with E-state index in [4.69, 9.17) is 0 Å². The summed E-state index contributed by atoms with van der Waals surface area (Å²) in [6.07, 6.45) is 1.60. The highest BCUT2D eigenvalue weighted by molar-refractivity contribution is 7.13. The summed E-state index contributed by atoms with van der Waals surface area (Å²) < 4.78 is 14.7. The SMILES string of the molecule is C=C(NCC(C)(C)C)c1ccc(-c2cc(C(C)=O)cc(F)c2C)c(C(=O)Nc2nccs2)c1. The van der Waals surface area contributed by atoms with Crippen molar-refractivity contribution in [3.63, 3.8) is 0 Å². The van der Waals surface area contributed by atoms with E-state index in [9.17, 15) is 14.0 Å². The van der Waals surface area contributed by atoms with Crippen molar-refractivity contribution < 1.29 is 14.0 Å². The largest absolute Gasteiger partial charge is 0.385 e. The Morgan fingerprint density at radius 2 is 1.85 bits per heavy atom. The van der Waals surface area contributed by atoms with Crippen LogP contribution in [-0.4, -0.2) is 23.2 Å². The van der Waals surface area contributed by atoms with Gasteiger partial charge in [0.15, 0.2) is 10.9 Å². The third kappa shape index (κ3) is 5.93. The summed E-state index contributed by atoms with van der Waals surface area (Å²) in [7, 11) is 0. The molecule has 0 aliphatic rings. The maximum Gasteiger partial charge on any atom is 0.258 e. The molecule has 0 saturated carbocycles. The number of Topliss-reactive ketones (excluding diaryl/α,β-unsaturated/α-hetero) is 1. The van der Waals surface area contributed by atoms with Gasteiger partial charge in [0.1, 0.15) is 5.82 Å². The smallest absolute Gasteiger partial charge is 0.258 e. The summed E-state index contributed by atoms with van der Waals surface area (Å²) in [5.41, 5.74) is 3.44. The number of ketones is 1. The van der Waals surface area contributed by atoms with Crippen LogP contribution in [0.25, 0.3) is 16.8 Å². The van der Waals surface area contributed by atoms with Crippen molar-refractivity contribution in [2.75, 3.05) is 11.9 Å². The van der Waals surface area contributed by atoms with Crippen molar-refractivity contribution in [2.45, 2.75) is 34.6 Å². The van der Waals surface area contributed by atoms with E-state index in [-0.39, 0.29) is 22.7 Å². The van der Waals surface area contributed by atoms with Gasteiger partial charge >= 0.3 is 0 Å². The Bertz CT molecular complexity index is 1210. The van der Waals surface area contributed by atoms with Crippen molar-refractivity contribution in [1.82, 2.24) is 10.3 Å². The van der Waals surface area contributed by atoms with Crippen LogP contribution in [0.1, 0.15) is 59.5 Å². The Morgan fingerprint density at radius 3 is 2.45 bits per heavy atom. The molecule has 0 saturated heterocycles. The molecule has 7 heteroatoms. The molecule has 2 aromatic carbocycles. The minimum absolute atomic E-state index is 0.0513. The van der Waals surface area contributed by atoms with E-state index in [0.717, 1.165) is 5.56 Å².